The standard InChI is InChI=1S/2C30H50O4.Ca/c2*1-2-3-4-5-6-7-8-9-10-11-12-13-14-15-16-17-18-19-20-21-25-34-30(33)28-24-22-23-27(26-28)29(31)32;/h2*22-24,26H,2-21,25H2,1H3,(H,31,32);/q;;+2/p-2. The summed E-state index contributed by atoms with van der Waals surface area (Å²) in [6, 6.07) is 11.6. The molecule has 2 aromatic rings. The first-order valence-corrected chi connectivity index (χ1v) is 28.3. The molecule has 0 bridgehead atoms. The first-order chi connectivity index (χ1) is 33.3. The molecule has 0 atom stereocenters. The van der Waals surface area contributed by atoms with Crippen molar-refractivity contribution in [1.82, 2.24) is 0 Å². The van der Waals surface area contributed by atoms with Crippen LogP contribution >= 0.6 is 0 Å². The van der Waals surface area contributed by atoms with Crippen LogP contribution in [0.15, 0.2) is 48.5 Å². The second-order valence-corrected chi connectivity index (χ2v) is 19.4. The molecule has 0 saturated heterocycles. The van der Waals surface area contributed by atoms with Gasteiger partial charge in [0.05, 0.1) is 36.3 Å². The number of carbonyl (C=O) groups is 4. The van der Waals surface area contributed by atoms with E-state index in [1.807, 2.05) is 0 Å². The number of unbranched alkanes of at least 4 members (excludes halogenated alkanes) is 38. The van der Waals surface area contributed by atoms with Gasteiger partial charge in [0.1, 0.15) is 0 Å². The largest absolute Gasteiger partial charge is 2.00 e. The fourth-order valence-electron chi connectivity index (χ4n) is 8.76. The molecule has 0 spiro atoms. The van der Waals surface area contributed by atoms with Crippen molar-refractivity contribution in [1.29, 1.82) is 0 Å². The first-order valence-electron chi connectivity index (χ1n) is 28.3. The van der Waals surface area contributed by atoms with Gasteiger partial charge >= 0.3 is 49.7 Å². The van der Waals surface area contributed by atoms with E-state index < -0.39 is 23.9 Å². The van der Waals surface area contributed by atoms with E-state index in [2.05, 4.69) is 13.8 Å². The van der Waals surface area contributed by atoms with Crippen LogP contribution in [0.4, 0.5) is 0 Å². The van der Waals surface area contributed by atoms with Crippen molar-refractivity contribution in [2.45, 2.75) is 271 Å². The van der Waals surface area contributed by atoms with Crippen molar-refractivity contribution in [2.24, 2.45) is 0 Å². The Morgan fingerprint density at radius 3 is 0.710 bits per heavy atom. The van der Waals surface area contributed by atoms with E-state index >= 15 is 0 Å². The zero-order valence-electron chi connectivity index (χ0n) is 44.3. The molecule has 0 aromatic heterocycles. The van der Waals surface area contributed by atoms with E-state index in [9.17, 15) is 29.4 Å². The molecule has 9 heteroatoms. The molecule has 0 amide bonds. The van der Waals surface area contributed by atoms with Gasteiger partial charge < -0.3 is 29.3 Å². The first kappa shape index (κ1) is 66.6. The molecule has 8 nitrogen and oxygen atoms in total. The van der Waals surface area contributed by atoms with E-state index in [4.69, 9.17) is 9.47 Å². The van der Waals surface area contributed by atoms with E-state index in [1.165, 1.54) is 268 Å². The number of hydrogen-bond donors (Lipinski definition) is 0. The van der Waals surface area contributed by atoms with Crippen molar-refractivity contribution in [3.8, 4) is 0 Å². The van der Waals surface area contributed by atoms with Gasteiger partial charge in [-0.05, 0) is 48.2 Å². The molecule has 0 aliphatic rings. The van der Waals surface area contributed by atoms with Gasteiger partial charge in [-0.15, -0.1) is 0 Å². The minimum atomic E-state index is -1.29. The SMILES string of the molecule is CCCCCCCCCCCCCCCCCCCCCCOC(=O)c1cccc(C(=O)[O-])c1.CCCCCCCCCCCCCCCCCCCCCCOC(=O)c1cccc(C(=O)[O-])c1.[Ca+2]. The second-order valence-electron chi connectivity index (χ2n) is 19.4. The van der Waals surface area contributed by atoms with E-state index in [0.717, 1.165) is 25.7 Å². The number of ether oxygens (including phenoxy) is 2. The predicted octanol–water partition coefficient (Wildman–Crippen LogP) is 15.7. The van der Waals surface area contributed by atoms with Crippen molar-refractivity contribution in [2.75, 3.05) is 13.2 Å². The molecule has 0 radical (unpaired) electrons. The van der Waals surface area contributed by atoms with Crippen molar-refractivity contribution >= 4 is 61.6 Å². The van der Waals surface area contributed by atoms with Crippen LogP contribution in [-0.4, -0.2) is 74.8 Å². The van der Waals surface area contributed by atoms with Gasteiger partial charge in [0.25, 0.3) is 0 Å². The fraction of sp³-hybridized carbons (Fsp3) is 0.733. The van der Waals surface area contributed by atoms with Crippen LogP contribution in [0.1, 0.15) is 312 Å². The van der Waals surface area contributed by atoms with Crippen LogP contribution in [0, 0.1) is 0 Å². The van der Waals surface area contributed by atoms with Crippen LogP contribution in [0.2, 0.25) is 0 Å². The van der Waals surface area contributed by atoms with Crippen molar-refractivity contribution in [3.05, 3.63) is 70.8 Å². The molecule has 388 valence electrons. The molecule has 0 N–H and O–H groups in total. The molecule has 0 heterocycles. The normalized spacial score (nSPS) is 10.8. The van der Waals surface area contributed by atoms with Crippen LogP contribution in [0.5, 0.6) is 0 Å². The molecule has 0 fully saturated rings. The van der Waals surface area contributed by atoms with Gasteiger partial charge in [0, 0.05) is 0 Å². The number of carbonyl (C=O) groups excluding carboxylic acids is 4. The van der Waals surface area contributed by atoms with Gasteiger partial charge in [-0.2, -0.15) is 0 Å². The van der Waals surface area contributed by atoms with Crippen LogP contribution in [0.25, 0.3) is 0 Å². The third-order valence-corrected chi connectivity index (χ3v) is 13.1. The Bertz CT molecular complexity index is 1400. The number of hydrogen-bond acceptors (Lipinski definition) is 8. The Morgan fingerprint density at radius 2 is 0.507 bits per heavy atom. The van der Waals surface area contributed by atoms with Crippen LogP contribution in [-0.2, 0) is 9.47 Å². The minimum Gasteiger partial charge on any atom is -0.545 e. The average Bonchev–Trinajstić information content (AvgIpc) is 3.35. The summed E-state index contributed by atoms with van der Waals surface area (Å²) < 4.78 is 10.5. The molecule has 2 rings (SSSR count). The van der Waals surface area contributed by atoms with Gasteiger partial charge in [-0.3, -0.25) is 0 Å². The van der Waals surface area contributed by atoms with Crippen molar-refractivity contribution in [3.63, 3.8) is 0 Å². The number of rotatable bonds is 46. The van der Waals surface area contributed by atoms with Crippen LogP contribution < -0.4 is 10.2 Å². The number of benzene rings is 2. The molecule has 0 aliphatic heterocycles. The topological polar surface area (TPSA) is 133 Å². The number of carboxylic acid groups (broad SMARTS) is 2. The predicted molar refractivity (Wildman–Crippen MR) is 284 cm³/mol. The molecule has 0 saturated carbocycles. The number of carboxylic acids is 2. The smallest absolute Gasteiger partial charge is 0.545 e. The summed E-state index contributed by atoms with van der Waals surface area (Å²) in [4.78, 5) is 45.7. The monoisotopic (exact) mass is 987 g/mol. The summed E-state index contributed by atoms with van der Waals surface area (Å²) in [6.45, 7) is 5.32. The zero-order chi connectivity index (χ0) is 49.4. The van der Waals surface area contributed by atoms with Crippen molar-refractivity contribution < 1.29 is 38.9 Å². The number of esters is 2. The molecular formula is C60H98CaO8. The van der Waals surface area contributed by atoms with Crippen LogP contribution in [0.3, 0.4) is 0 Å². The number of aromatic carboxylic acids is 2. The molecule has 2 aromatic carbocycles. The summed E-state index contributed by atoms with van der Waals surface area (Å²) >= 11 is 0. The molecule has 0 aliphatic carbocycles. The van der Waals surface area contributed by atoms with E-state index in [0.29, 0.717) is 13.2 Å². The van der Waals surface area contributed by atoms with Gasteiger partial charge in [-0.25, -0.2) is 9.59 Å². The Balaban J connectivity index is 0.00000132. The maximum absolute atomic E-state index is 12.0. The molecular weight excluding hydrogens is 889 g/mol. The van der Waals surface area contributed by atoms with E-state index in [-0.39, 0.29) is 60.0 Å². The average molecular weight is 988 g/mol. The summed E-state index contributed by atoms with van der Waals surface area (Å²) in [6.07, 6.45) is 53.5. The third kappa shape index (κ3) is 41.9. The zero-order valence-corrected chi connectivity index (χ0v) is 46.5. The molecule has 0 unspecified atom stereocenters. The summed E-state index contributed by atoms with van der Waals surface area (Å²) in [5.41, 5.74) is 0.506. The minimum absolute atomic E-state index is 0. The van der Waals surface area contributed by atoms with E-state index in [1.54, 1.807) is 12.1 Å². The molecule has 69 heavy (non-hydrogen) atoms. The fourth-order valence-corrected chi connectivity index (χ4v) is 8.76. The summed E-state index contributed by atoms with van der Waals surface area (Å²) in [7, 11) is 0. The maximum atomic E-state index is 12.0. The Morgan fingerprint density at radius 1 is 0.319 bits per heavy atom. The van der Waals surface area contributed by atoms with Gasteiger partial charge in [-0.1, -0.05) is 282 Å². The summed E-state index contributed by atoms with van der Waals surface area (Å²) in [5, 5.41) is 21.7. The quantitative estimate of drug-likeness (QED) is 0.0364. The Hall–Kier alpha value is -2.42. The van der Waals surface area contributed by atoms with Gasteiger partial charge in [0.15, 0.2) is 0 Å². The summed E-state index contributed by atoms with van der Waals surface area (Å²) in [5.74, 6) is -3.52. The Kier molecular flexibility index (Phi) is 48.7. The maximum Gasteiger partial charge on any atom is 2.00 e. The van der Waals surface area contributed by atoms with Gasteiger partial charge in [0.2, 0.25) is 0 Å². The second kappa shape index (κ2) is 50.5. The Labute approximate surface area is 452 Å². The third-order valence-electron chi connectivity index (χ3n) is 13.1.